The van der Waals surface area contributed by atoms with Crippen molar-refractivity contribution in [3.8, 4) is 22.6 Å². The van der Waals surface area contributed by atoms with Gasteiger partial charge in [-0.05, 0) is 55.2 Å². The molecule has 28 heavy (non-hydrogen) atoms. The smallest absolute Gasteiger partial charge is 0.236 e. The van der Waals surface area contributed by atoms with Gasteiger partial charge < -0.3 is 14.8 Å². The summed E-state index contributed by atoms with van der Waals surface area (Å²) in [5.74, 6) is 1.97. The van der Waals surface area contributed by atoms with Crippen molar-refractivity contribution in [1.82, 2.24) is 4.98 Å². The van der Waals surface area contributed by atoms with Gasteiger partial charge in [0, 0.05) is 11.8 Å². The summed E-state index contributed by atoms with van der Waals surface area (Å²) in [5.41, 5.74) is 3.81. The van der Waals surface area contributed by atoms with Crippen LogP contribution >= 0.6 is 0 Å². The first-order chi connectivity index (χ1) is 13.6. The van der Waals surface area contributed by atoms with Gasteiger partial charge in [-0.25, -0.2) is 4.98 Å². The molecular formula is C23H20N2O3. The van der Waals surface area contributed by atoms with Gasteiger partial charge in [-0.3, -0.25) is 4.79 Å². The molecule has 2 heterocycles. The SMILES string of the molecule is Cc1ccc(-c2ccc(NC(=O)C3(c4ccc5c(c4)OCO5)CC3)nc2)cc1. The molecule has 0 saturated heterocycles. The van der Waals surface area contributed by atoms with Crippen LogP contribution in [0.5, 0.6) is 11.5 Å². The fraction of sp³-hybridized carbons (Fsp3) is 0.217. The second-order valence-corrected chi connectivity index (χ2v) is 7.40. The van der Waals surface area contributed by atoms with Crippen molar-refractivity contribution in [1.29, 1.82) is 0 Å². The van der Waals surface area contributed by atoms with Gasteiger partial charge in [-0.1, -0.05) is 35.9 Å². The van der Waals surface area contributed by atoms with Gasteiger partial charge in [0.25, 0.3) is 0 Å². The van der Waals surface area contributed by atoms with Crippen LogP contribution in [-0.2, 0) is 10.2 Å². The highest BCUT2D eigenvalue weighted by molar-refractivity contribution is 6.01. The number of carbonyl (C=O) groups is 1. The molecule has 2 aliphatic rings. The third-order valence-electron chi connectivity index (χ3n) is 5.50. The number of hydrogen-bond acceptors (Lipinski definition) is 4. The second kappa shape index (κ2) is 6.37. The van der Waals surface area contributed by atoms with Gasteiger partial charge in [0.05, 0.1) is 5.41 Å². The minimum absolute atomic E-state index is 0.0260. The molecule has 1 aliphatic heterocycles. The molecule has 1 N–H and O–H groups in total. The van der Waals surface area contributed by atoms with E-state index in [1.165, 1.54) is 5.56 Å². The summed E-state index contributed by atoms with van der Waals surface area (Å²) in [6, 6.07) is 17.9. The van der Waals surface area contributed by atoms with Crippen LogP contribution in [0, 0.1) is 6.92 Å². The molecule has 1 aromatic heterocycles. The Kier molecular flexibility index (Phi) is 3.83. The average Bonchev–Trinajstić information content (AvgIpc) is 3.40. The molecule has 0 unspecified atom stereocenters. The maximum atomic E-state index is 13.0. The molecular weight excluding hydrogens is 352 g/mol. The van der Waals surface area contributed by atoms with Crippen LogP contribution in [0.1, 0.15) is 24.0 Å². The molecule has 1 saturated carbocycles. The van der Waals surface area contributed by atoms with Gasteiger partial charge in [0.1, 0.15) is 5.82 Å². The summed E-state index contributed by atoms with van der Waals surface area (Å²) in [7, 11) is 0. The van der Waals surface area contributed by atoms with E-state index in [9.17, 15) is 4.79 Å². The van der Waals surface area contributed by atoms with E-state index in [0.29, 0.717) is 11.6 Å². The number of anilines is 1. The molecule has 5 heteroatoms. The summed E-state index contributed by atoms with van der Waals surface area (Å²) < 4.78 is 10.8. The Bertz CT molecular complexity index is 1040. The average molecular weight is 372 g/mol. The molecule has 1 aliphatic carbocycles. The number of ether oxygens (including phenoxy) is 2. The number of nitrogens with zero attached hydrogens (tertiary/aromatic N) is 1. The molecule has 1 amide bonds. The second-order valence-electron chi connectivity index (χ2n) is 7.40. The predicted molar refractivity (Wildman–Crippen MR) is 107 cm³/mol. The van der Waals surface area contributed by atoms with Crippen LogP contribution in [0.15, 0.2) is 60.8 Å². The number of fused-ring (bicyclic) bond motifs is 1. The number of pyridine rings is 1. The van der Waals surface area contributed by atoms with Crippen LogP contribution in [-0.4, -0.2) is 17.7 Å². The molecule has 1 fully saturated rings. The van der Waals surface area contributed by atoms with Crippen molar-refractivity contribution in [2.75, 3.05) is 12.1 Å². The molecule has 5 rings (SSSR count). The first-order valence-corrected chi connectivity index (χ1v) is 9.39. The monoisotopic (exact) mass is 372 g/mol. The minimum atomic E-state index is -0.502. The Hall–Kier alpha value is -3.34. The van der Waals surface area contributed by atoms with E-state index in [0.717, 1.165) is 35.3 Å². The van der Waals surface area contributed by atoms with Crippen molar-refractivity contribution in [2.45, 2.75) is 25.2 Å². The van der Waals surface area contributed by atoms with Crippen molar-refractivity contribution >= 4 is 11.7 Å². The lowest BCUT2D eigenvalue weighted by Gasteiger charge is -2.16. The van der Waals surface area contributed by atoms with E-state index in [4.69, 9.17) is 9.47 Å². The third kappa shape index (κ3) is 2.89. The standard InChI is InChI=1S/C23H20N2O3/c1-15-2-4-16(5-3-15)17-6-9-21(24-13-17)25-22(26)23(10-11-23)18-7-8-19-20(12-18)28-14-27-19/h2-9,12-13H,10-11,14H2,1H3,(H,24,25,26). The lowest BCUT2D eigenvalue weighted by Crippen LogP contribution is -2.28. The Morgan fingerprint density at radius 3 is 2.43 bits per heavy atom. The van der Waals surface area contributed by atoms with Gasteiger partial charge >= 0.3 is 0 Å². The van der Waals surface area contributed by atoms with Crippen LogP contribution in [0.25, 0.3) is 11.1 Å². The van der Waals surface area contributed by atoms with Crippen LogP contribution < -0.4 is 14.8 Å². The first kappa shape index (κ1) is 16.8. The van der Waals surface area contributed by atoms with Gasteiger partial charge in [0.2, 0.25) is 12.7 Å². The number of rotatable bonds is 4. The fourth-order valence-electron chi connectivity index (χ4n) is 3.59. The molecule has 0 radical (unpaired) electrons. The molecule has 3 aromatic rings. The summed E-state index contributed by atoms with van der Waals surface area (Å²) in [4.78, 5) is 17.4. The highest BCUT2D eigenvalue weighted by atomic mass is 16.7. The zero-order chi connectivity index (χ0) is 19.1. The molecule has 140 valence electrons. The number of aryl methyl sites for hydroxylation is 1. The van der Waals surface area contributed by atoms with E-state index in [2.05, 4.69) is 41.5 Å². The molecule has 0 atom stereocenters. The molecule has 2 aromatic carbocycles. The summed E-state index contributed by atoms with van der Waals surface area (Å²) in [5, 5.41) is 2.98. The largest absolute Gasteiger partial charge is 0.454 e. The zero-order valence-electron chi connectivity index (χ0n) is 15.6. The molecule has 0 spiro atoms. The maximum Gasteiger partial charge on any atom is 0.236 e. The van der Waals surface area contributed by atoms with E-state index in [-0.39, 0.29) is 12.7 Å². The zero-order valence-corrected chi connectivity index (χ0v) is 15.6. The maximum absolute atomic E-state index is 13.0. The van der Waals surface area contributed by atoms with Gasteiger partial charge in [-0.15, -0.1) is 0 Å². The lowest BCUT2D eigenvalue weighted by molar-refractivity contribution is -0.118. The van der Waals surface area contributed by atoms with Crippen LogP contribution in [0.3, 0.4) is 0 Å². The number of nitrogens with one attached hydrogen (secondary N) is 1. The number of amides is 1. The number of aromatic nitrogens is 1. The first-order valence-electron chi connectivity index (χ1n) is 9.39. The van der Waals surface area contributed by atoms with E-state index < -0.39 is 5.41 Å². The summed E-state index contributed by atoms with van der Waals surface area (Å²) in [6.45, 7) is 2.30. The van der Waals surface area contributed by atoms with Gasteiger partial charge in [0.15, 0.2) is 11.5 Å². The summed E-state index contributed by atoms with van der Waals surface area (Å²) in [6.07, 6.45) is 3.43. The Labute approximate surface area is 163 Å². The van der Waals surface area contributed by atoms with Gasteiger partial charge in [-0.2, -0.15) is 0 Å². The van der Waals surface area contributed by atoms with Crippen molar-refractivity contribution in [2.24, 2.45) is 0 Å². The predicted octanol–water partition coefficient (Wildman–Crippen LogP) is 4.46. The minimum Gasteiger partial charge on any atom is -0.454 e. The van der Waals surface area contributed by atoms with Crippen LogP contribution in [0.4, 0.5) is 5.82 Å². The van der Waals surface area contributed by atoms with Crippen molar-refractivity contribution < 1.29 is 14.3 Å². The highest BCUT2D eigenvalue weighted by Crippen LogP contribution is 2.51. The number of hydrogen-bond donors (Lipinski definition) is 1. The quantitative estimate of drug-likeness (QED) is 0.735. The summed E-state index contributed by atoms with van der Waals surface area (Å²) >= 11 is 0. The van der Waals surface area contributed by atoms with Crippen molar-refractivity contribution in [3.05, 3.63) is 71.9 Å². The van der Waals surface area contributed by atoms with E-state index in [1.807, 2.05) is 30.3 Å². The fourth-order valence-corrected chi connectivity index (χ4v) is 3.59. The highest BCUT2D eigenvalue weighted by Gasteiger charge is 2.51. The molecule has 5 nitrogen and oxygen atoms in total. The van der Waals surface area contributed by atoms with Crippen molar-refractivity contribution in [3.63, 3.8) is 0 Å². The number of benzene rings is 2. The third-order valence-corrected chi connectivity index (χ3v) is 5.50. The lowest BCUT2D eigenvalue weighted by atomic mass is 9.94. The topological polar surface area (TPSA) is 60.5 Å². The van der Waals surface area contributed by atoms with Crippen LogP contribution in [0.2, 0.25) is 0 Å². The Morgan fingerprint density at radius 1 is 0.964 bits per heavy atom. The number of carbonyl (C=O) groups excluding carboxylic acids is 1. The molecule has 0 bridgehead atoms. The van der Waals surface area contributed by atoms with E-state index in [1.54, 1.807) is 6.20 Å². The normalized spacial score (nSPS) is 15.9. The Balaban J connectivity index is 1.33. The van der Waals surface area contributed by atoms with E-state index >= 15 is 0 Å². The Morgan fingerprint density at radius 2 is 1.71 bits per heavy atom.